The number of nitrogens with zero attached hydrogens (tertiary/aromatic N) is 2. The zero-order chi connectivity index (χ0) is 13.1. The summed E-state index contributed by atoms with van der Waals surface area (Å²) < 4.78 is 53.3. The molecule has 0 amide bonds. The molecule has 0 unspecified atom stereocenters. The molecule has 0 spiro atoms. The normalized spacial score (nSPS) is 11.9. The topological polar surface area (TPSA) is 35.0 Å². The van der Waals surface area contributed by atoms with Crippen LogP contribution in [0.3, 0.4) is 0 Å². The second-order valence-corrected chi connectivity index (χ2v) is 3.54. The third-order valence-corrected chi connectivity index (χ3v) is 1.96. The van der Waals surface area contributed by atoms with Crippen LogP contribution >= 0.6 is 11.6 Å². The molecule has 96 valence electrons. The van der Waals surface area contributed by atoms with Crippen LogP contribution in [0.4, 0.5) is 17.6 Å². The van der Waals surface area contributed by atoms with Crippen molar-refractivity contribution >= 4 is 11.6 Å². The van der Waals surface area contributed by atoms with E-state index in [0.717, 1.165) is 6.07 Å². The summed E-state index contributed by atoms with van der Waals surface area (Å²) in [6.45, 7) is 0.268. The predicted molar refractivity (Wildman–Crippen MR) is 52.9 cm³/mol. The van der Waals surface area contributed by atoms with E-state index in [2.05, 4.69) is 14.7 Å². The average molecular weight is 273 g/mol. The summed E-state index contributed by atoms with van der Waals surface area (Å²) in [5.41, 5.74) is 0. The van der Waals surface area contributed by atoms with Gasteiger partial charge in [-0.05, 0) is 0 Å². The Hall–Kier alpha value is -1.11. The molecule has 8 heteroatoms. The minimum absolute atomic E-state index is 0.00668. The zero-order valence-corrected chi connectivity index (χ0v) is 9.52. The Balaban J connectivity index is 2.72. The monoisotopic (exact) mass is 272 g/mol. The fourth-order valence-electron chi connectivity index (χ4n) is 0.907. The summed E-state index contributed by atoms with van der Waals surface area (Å²) in [4.78, 5) is 7.49. The van der Waals surface area contributed by atoms with Gasteiger partial charge in [-0.25, -0.2) is 13.8 Å². The van der Waals surface area contributed by atoms with Crippen molar-refractivity contribution in [3.05, 3.63) is 17.0 Å². The van der Waals surface area contributed by atoms with Crippen molar-refractivity contribution in [3.63, 3.8) is 0 Å². The first-order valence-electron chi connectivity index (χ1n) is 4.67. The minimum atomic E-state index is -4.22. The standard InChI is InChI=1S/C9H9ClF4N2O/c1-2-6-15-5(10)3-7(16-6)17-4-9(13,14)8(11)12/h3,8H,2,4H2,1H3. The lowest BCUT2D eigenvalue weighted by atomic mass is 10.4. The van der Waals surface area contributed by atoms with Gasteiger partial charge in [0.05, 0.1) is 0 Å². The highest BCUT2D eigenvalue weighted by atomic mass is 35.5. The summed E-state index contributed by atoms with van der Waals surface area (Å²) >= 11 is 5.57. The molecule has 1 heterocycles. The van der Waals surface area contributed by atoms with Gasteiger partial charge in [-0.15, -0.1) is 0 Å². The summed E-state index contributed by atoms with van der Waals surface area (Å²) in [6.07, 6.45) is -3.37. The van der Waals surface area contributed by atoms with Crippen LogP contribution in [0, 0.1) is 0 Å². The number of hydrogen-bond acceptors (Lipinski definition) is 3. The van der Waals surface area contributed by atoms with Crippen molar-refractivity contribution in [2.45, 2.75) is 25.7 Å². The van der Waals surface area contributed by atoms with E-state index in [1.54, 1.807) is 6.92 Å². The maximum Gasteiger partial charge on any atom is 0.340 e. The van der Waals surface area contributed by atoms with Crippen molar-refractivity contribution in [1.29, 1.82) is 0 Å². The van der Waals surface area contributed by atoms with Gasteiger partial charge in [0.1, 0.15) is 11.0 Å². The first-order valence-corrected chi connectivity index (χ1v) is 5.05. The predicted octanol–water partition coefficient (Wildman–Crippen LogP) is 2.97. The van der Waals surface area contributed by atoms with Crippen LogP contribution in [-0.2, 0) is 6.42 Å². The van der Waals surface area contributed by atoms with Gasteiger partial charge in [-0.3, -0.25) is 0 Å². The highest BCUT2D eigenvalue weighted by molar-refractivity contribution is 6.29. The lowest BCUT2D eigenvalue weighted by Gasteiger charge is -2.15. The molecule has 1 aromatic heterocycles. The van der Waals surface area contributed by atoms with Crippen LogP contribution < -0.4 is 4.74 Å². The van der Waals surface area contributed by atoms with Crippen LogP contribution in [0.2, 0.25) is 5.15 Å². The van der Waals surface area contributed by atoms with Gasteiger partial charge in [0.15, 0.2) is 6.61 Å². The van der Waals surface area contributed by atoms with E-state index in [-0.39, 0.29) is 16.9 Å². The smallest absolute Gasteiger partial charge is 0.340 e. The molecule has 0 aliphatic carbocycles. The minimum Gasteiger partial charge on any atom is -0.471 e. The number of ether oxygens (including phenoxy) is 1. The SMILES string of the molecule is CCc1nc(Cl)cc(OCC(F)(F)C(F)F)n1. The van der Waals surface area contributed by atoms with E-state index in [4.69, 9.17) is 11.6 Å². The van der Waals surface area contributed by atoms with Gasteiger partial charge < -0.3 is 4.74 Å². The second-order valence-electron chi connectivity index (χ2n) is 3.15. The molecule has 0 N–H and O–H groups in total. The van der Waals surface area contributed by atoms with Crippen LogP contribution in [0.15, 0.2) is 6.07 Å². The van der Waals surface area contributed by atoms with Crippen molar-refractivity contribution in [2.24, 2.45) is 0 Å². The third-order valence-electron chi connectivity index (χ3n) is 1.77. The number of hydrogen-bond donors (Lipinski definition) is 0. The van der Waals surface area contributed by atoms with E-state index in [1.165, 1.54) is 0 Å². The Kier molecular flexibility index (Phi) is 4.50. The Bertz CT molecular complexity index is 389. The van der Waals surface area contributed by atoms with Crippen LogP contribution in [0.5, 0.6) is 5.88 Å². The molecule has 1 rings (SSSR count). The van der Waals surface area contributed by atoms with Gasteiger partial charge in [0.25, 0.3) is 0 Å². The van der Waals surface area contributed by atoms with E-state index in [0.29, 0.717) is 6.42 Å². The van der Waals surface area contributed by atoms with E-state index < -0.39 is 19.0 Å². The van der Waals surface area contributed by atoms with Crippen LogP contribution in [0.1, 0.15) is 12.7 Å². The van der Waals surface area contributed by atoms with Crippen LogP contribution in [-0.4, -0.2) is 28.9 Å². The molecule has 0 aliphatic rings. The molecule has 0 radical (unpaired) electrons. The van der Waals surface area contributed by atoms with Gasteiger partial charge in [-0.2, -0.15) is 13.8 Å². The Morgan fingerprint density at radius 3 is 2.59 bits per heavy atom. The molecule has 17 heavy (non-hydrogen) atoms. The summed E-state index contributed by atoms with van der Waals surface area (Å²) in [5.74, 6) is -4.18. The number of rotatable bonds is 5. The number of aryl methyl sites for hydroxylation is 1. The molecule has 0 saturated heterocycles. The lowest BCUT2D eigenvalue weighted by molar-refractivity contribution is -0.148. The molecule has 0 saturated carbocycles. The fourth-order valence-corrected chi connectivity index (χ4v) is 1.10. The largest absolute Gasteiger partial charge is 0.471 e. The molecular weight excluding hydrogens is 264 g/mol. The first kappa shape index (κ1) is 14.0. The maximum atomic E-state index is 12.6. The molecule has 0 aromatic carbocycles. The average Bonchev–Trinajstić information content (AvgIpc) is 2.25. The first-order chi connectivity index (χ1) is 7.85. The highest BCUT2D eigenvalue weighted by Crippen LogP contribution is 2.24. The number of alkyl halides is 4. The Morgan fingerprint density at radius 1 is 1.41 bits per heavy atom. The number of aromatic nitrogens is 2. The summed E-state index contributed by atoms with van der Waals surface area (Å²) in [5, 5.41) is 0.00668. The third kappa shape index (κ3) is 3.99. The highest BCUT2D eigenvalue weighted by Gasteiger charge is 2.41. The summed E-state index contributed by atoms with van der Waals surface area (Å²) in [7, 11) is 0. The number of halogens is 5. The van der Waals surface area contributed by atoms with Gasteiger partial charge >= 0.3 is 12.3 Å². The molecule has 0 bridgehead atoms. The maximum absolute atomic E-state index is 12.6. The van der Waals surface area contributed by atoms with Gasteiger partial charge in [0, 0.05) is 12.5 Å². The molecular formula is C9H9ClF4N2O. The second kappa shape index (κ2) is 5.48. The van der Waals surface area contributed by atoms with Crippen molar-refractivity contribution in [3.8, 4) is 5.88 Å². The molecule has 0 aliphatic heterocycles. The van der Waals surface area contributed by atoms with Crippen LogP contribution in [0.25, 0.3) is 0 Å². The quantitative estimate of drug-likeness (QED) is 0.610. The van der Waals surface area contributed by atoms with Crippen molar-refractivity contribution < 1.29 is 22.3 Å². The Labute approximate surface area is 99.8 Å². The van der Waals surface area contributed by atoms with Gasteiger partial charge in [-0.1, -0.05) is 18.5 Å². The van der Waals surface area contributed by atoms with Crippen molar-refractivity contribution in [2.75, 3.05) is 6.61 Å². The van der Waals surface area contributed by atoms with E-state index in [9.17, 15) is 17.6 Å². The van der Waals surface area contributed by atoms with E-state index in [1.807, 2.05) is 0 Å². The molecule has 0 atom stereocenters. The van der Waals surface area contributed by atoms with Gasteiger partial charge in [0.2, 0.25) is 5.88 Å². The summed E-state index contributed by atoms with van der Waals surface area (Å²) in [6, 6.07) is 1.09. The van der Waals surface area contributed by atoms with Crippen molar-refractivity contribution in [1.82, 2.24) is 9.97 Å². The molecule has 0 fully saturated rings. The zero-order valence-electron chi connectivity index (χ0n) is 8.76. The molecule has 3 nitrogen and oxygen atoms in total. The fraction of sp³-hybridized carbons (Fsp3) is 0.556. The Morgan fingerprint density at radius 2 is 2.06 bits per heavy atom. The lowest BCUT2D eigenvalue weighted by Crippen LogP contribution is -2.34. The molecule has 1 aromatic rings. The van der Waals surface area contributed by atoms with E-state index >= 15 is 0 Å².